The van der Waals surface area contributed by atoms with Gasteiger partial charge in [-0.2, -0.15) is 5.01 Å². The van der Waals surface area contributed by atoms with Crippen LogP contribution in [0.2, 0.25) is 0 Å². The molecule has 0 radical (unpaired) electrons. The van der Waals surface area contributed by atoms with Crippen LogP contribution in [0.25, 0.3) is 5.57 Å². The lowest BCUT2D eigenvalue weighted by molar-refractivity contribution is -0.124. The summed E-state index contributed by atoms with van der Waals surface area (Å²) in [5.74, 6) is -1.24. The molecule has 2 heterocycles. The number of carbonyl (C=O) groups is 3. The fourth-order valence-electron chi connectivity index (χ4n) is 3.91. The van der Waals surface area contributed by atoms with E-state index in [4.69, 9.17) is 12.2 Å². The summed E-state index contributed by atoms with van der Waals surface area (Å²) in [6, 6.07) is 24.0. The Morgan fingerprint density at radius 2 is 1.59 bits per heavy atom. The molecule has 0 saturated carbocycles. The average Bonchev–Trinajstić information content (AvgIpc) is 3.27. The Hall–Kier alpha value is -3.75. The van der Waals surface area contributed by atoms with Gasteiger partial charge in [0.15, 0.2) is 4.32 Å². The van der Waals surface area contributed by atoms with E-state index in [0.29, 0.717) is 23.2 Å². The number of amides is 3. The van der Waals surface area contributed by atoms with E-state index in [0.717, 1.165) is 33.6 Å². The Morgan fingerprint density at radius 3 is 2.32 bits per heavy atom. The van der Waals surface area contributed by atoms with Gasteiger partial charge in [-0.05, 0) is 42.9 Å². The van der Waals surface area contributed by atoms with Crippen molar-refractivity contribution in [2.45, 2.75) is 13.5 Å². The van der Waals surface area contributed by atoms with Crippen molar-refractivity contribution in [1.82, 2.24) is 10.4 Å². The zero-order valence-electron chi connectivity index (χ0n) is 18.1. The van der Waals surface area contributed by atoms with E-state index in [1.807, 2.05) is 73.7 Å². The number of aryl methyl sites for hydroxylation is 1. The van der Waals surface area contributed by atoms with Gasteiger partial charge in [0, 0.05) is 11.1 Å². The number of nitrogens with one attached hydrogen (secondary N) is 1. The van der Waals surface area contributed by atoms with Crippen LogP contribution in [0.15, 0.2) is 83.8 Å². The standard InChI is InChI=1S/C26H19N3O3S2/c1-16-11-13-18(14-12-16)23(30)27-29-25(32)22(34-26(29)33)21-19-9-5-6-10-20(19)28(24(21)31)15-17-7-3-2-4-8-17/h2-14H,15H2,1H3,(H,27,30)/b22-21-. The van der Waals surface area contributed by atoms with Gasteiger partial charge in [-0.1, -0.05) is 78.0 Å². The number of carbonyl (C=O) groups excluding carboxylic acids is 3. The SMILES string of the molecule is Cc1ccc(C(=O)NN2C(=O)/C(=C3/C(=O)N(Cc4ccccc4)c4ccccc43)SC2=S)cc1. The Labute approximate surface area is 206 Å². The first-order chi connectivity index (χ1) is 16.4. The van der Waals surface area contributed by atoms with Crippen molar-refractivity contribution in [3.8, 4) is 0 Å². The molecule has 1 fully saturated rings. The van der Waals surface area contributed by atoms with E-state index in [2.05, 4.69) is 5.43 Å². The number of hydrogen-bond donors (Lipinski definition) is 1. The number of fused-ring (bicyclic) bond motifs is 1. The molecule has 0 aliphatic carbocycles. The molecule has 2 aliphatic rings. The number of nitrogens with zero attached hydrogens (tertiary/aromatic N) is 2. The van der Waals surface area contributed by atoms with Crippen LogP contribution >= 0.6 is 24.0 Å². The Balaban J connectivity index is 1.47. The third-order valence-corrected chi connectivity index (χ3v) is 7.00. The van der Waals surface area contributed by atoms with Crippen LogP contribution in [0.4, 0.5) is 5.69 Å². The third-order valence-electron chi connectivity index (χ3n) is 5.63. The number of thiocarbonyl (C=S) groups is 1. The molecule has 34 heavy (non-hydrogen) atoms. The molecule has 168 valence electrons. The van der Waals surface area contributed by atoms with Crippen LogP contribution in [0, 0.1) is 6.92 Å². The van der Waals surface area contributed by atoms with Gasteiger partial charge in [-0.25, -0.2) is 0 Å². The molecule has 5 rings (SSSR count). The van der Waals surface area contributed by atoms with E-state index in [9.17, 15) is 14.4 Å². The number of anilines is 1. The van der Waals surface area contributed by atoms with E-state index >= 15 is 0 Å². The molecular weight excluding hydrogens is 466 g/mol. The fourth-order valence-corrected chi connectivity index (χ4v) is 5.16. The van der Waals surface area contributed by atoms with Crippen LogP contribution in [0.1, 0.15) is 27.0 Å². The highest BCUT2D eigenvalue weighted by atomic mass is 32.2. The molecule has 3 aromatic carbocycles. The Morgan fingerprint density at radius 1 is 0.912 bits per heavy atom. The molecule has 2 aliphatic heterocycles. The van der Waals surface area contributed by atoms with Gasteiger partial charge in [0.25, 0.3) is 17.7 Å². The summed E-state index contributed by atoms with van der Waals surface area (Å²) in [7, 11) is 0. The van der Waals surface area contributed by atoms with Crippen molar-refractivity contribution >= 4 is 57.3 Å². The first kappa shape index (κ1) is 22.1. The molecule has 3 amide bonds. The molecule has 0 atom stereocenters. The highest BCUT2D eigenvalue weighted by Crippen LogP contribution is 2.44. The zero-order chi connectivity index (χ0) is 23.8. The monoisotopic (exact) mass is 485 g/mol. The number of thioether (sulfide) groups is 1. The van der Waals surface area contributed by atoms with Crippen LogP contribution in [0.3, 0.4) is 0 Å². The normalized spacial score (nSPS) is 17.4. The summed E-state index contributed by atoms with van der Waals surface area (Å²) in [6.45, 7) is 2.30. The van der Waals surface area contributed by atoms with Gasteiger partial charge in [-0.3, -0.25) is 19.8 Å². The molecule has 0 unspecified atom stereocenters. The van der Waals surface area contributed by atoms with Gasteiger partial charge in [0.1, 0.15) is 0 Å². The largest absolute Gasteiger partial charge is 0.303 e. The molecular formula is C26H19N3O3S2. The topological polar surface area (TPSA) is 69.7 Å². The van der Waals surface area contributed by atoms with E-state index in [-0.39, 0.29) is 15.1 Å². The minimum atomic E-state index is -0.518. The lowest BCUT2D eigenvalue weighted by Crippen LogP contribution is -2.45. The van der Waals surface area contributed by atoms with Crippen molar-refractivity contribution < 1.29 is 14.4 Å². The molecule has 6 nitrogen and oxygen atoms in total. The maximum Gasteiger partial charge on any atom is 0.286 e. The number of hydrogen-bond acceptors (Lipinski definition) is 5. The summed E-state index contributed by atoms with van der Waals surface area (Å²) in [6.07, 6.45) is 0. The van der Waals surface area contributed by atoms with Gasteiger partial charge >= 0.3 is 0 Å². The van der Waals surface area contributed by atoms with Crippen LogP contribution in [-0.4, -0.2) is 27.1 Å². The predicted molar refractivity (Wildman–Crippen MR) is 137 cm³/mol. The fraction of sp³-hybridized carbons (Fsp3) is 0.0769. The minimum absolute atomic E-state index is 0.166. The molecule has 0 spiro atoms. The van der Waals surface area contributed by atoms with E-state index in [1.165, 1.54) is 0 Å². The van der Waals surface area contributed by atoms with Gasteiger partial charge in [0.05, 0.1) is 22.7 Å². The van der Waals surface area contributed by atoms with Crippen molar-refractivity contribution in [2.75, 3.05) is 4.90 Å². The van der Waals surface area contributed by atoms with Crippen molar-refractivity contribution in [3.63, 3.8) is 0 Å². The summed E-state index contributed by atoms with van der Waals surface area (Å²) in [5.41, 5.74) is 6.70. The molecule has 1 saturated heterocycles. The van der Waals surface area contributed by atoms with Crippen molar-refractivity contribution in [3.05, 3.63) is 106 Å². The highest BCUT2D eigenvalue weighted by molar-refractivity contribution is 8.26. The second-order valence-electron chi connectivity index (χ2n) is 7.91. The number of para-hydroxylation sites is 1. The second-order valence-corrected chi connectivity index (χ2v) is 9.56. The highest BCUT2D eigenvalue weighted by Gasteiger charge is 2.42. The maximum absolute atomic E-state index is 13.5. The lowest BCUT2D eigenvalue weighted by atomic mass is 10.1. The van der Waals surface area contributed by atoms with Crippen LogP contribution < -0.4 is 10.3 Å². The molecule has 8 heteroatoms. The molecule has 1 N–H and O–H groups in total. The van der Waals surface area contributed by atoms with Crippen molar-refractivity contribution in [1.29, 1.82) is 0 Å². The van der Waals surface area contributed by atoms with Gasteiger partial charge in [-0.15, -0.1) is 0 Å². The van der Waals surface area contributed by atoms with Crippen LogP contribution in [0.5, 0.6) is 0 Å². The number of rotatable bonds is 4. The zero-order valence-corrected chi connectivity index (χ0v) is 19.8. The van der Waals surface area contributed by atoms with Gasteiger partial charge in [0.2, 0.25) is 0 Å². The van der Waals surface area contributed by atoms with Crippen molar-refractivity contribution in [2.24, 2.45) is 0 Å². The van der Waals surface area contributed by atoms with E-state index < -0.39 is 11.8 Å². The minimum Gasteiger partial charge on any atom is -0.303 e. The summed E-state index contributed by atoms with van der Waals surface area (Å²) in [5, 5.41) is 1.04. The Bertz CT molecular complexity index is 1370. The third kappa shape index (κ3) is 3.91. The number of hydrazine groups is 1. The van der Waals surface area contributed by atoms with E-state index in [1.54, 1.807) is 17.0 Å². The summed E-state index contributed by atoms with van der Waals surface area (Å²) in [4.78, 5) is 41.4. The summed E-state index contributed by atoms with van der Waals surface area (Å²) >= 11 is 6.40. The summed E-state index contributed by atoms with van der Waals surface area (Å²) < 4.78 is 0.166. The molecule has 3 aromatic rings. The molecule has 0 aromatic heterocycles. The van der Waals surface area contributed by atoms with Crippen LogP contribution in [-0.2, 0) is 16.1 Å². The van der Waals surface area contributed by atoms with Gasteiger partial charge < -0.3 is 4.90 Å². The quantitative estimate of drug-likeness (QED) is 0.437. The second kappa shape index (κ2) is 8.89. The Kier molecular flexibility index (Phi) is 5.77. The maximum atomic E-state index is 13.5. The molecule has 0 bridgehead atoms. The number of benzene rings is 3. The predicted octanol–water partition coefficient (Wildman–Crippen LogP) is 4.46. The lowest BCUT2D eigenvalue weighted by Gasteiger charge is -2.17. The average molecular weight is 486 g/mol. The smallest absolute Gasteiger partial charge is 0.286 e. The first-order valence-corrected chi connectivity index (χ1v) is 11.8. The first-order valence-electron chi connectivity index (χ1n) is 10.6.